The van der Waals surface area contributed by atoms with Crippen LogP contribution in [-0.4, -0.2) is 21.0 Å². The predicted octanol–water partition coefficient (Wildman–Crippen LogP) is 6.42. The van der Waals surface area contributed by atoms with Gasteiger partial charge in [0.1, 0.15) is 6.61 Å². The average Bonchev–Trinajstić information content (AvgIpc) is 2.77. The van der Waals surface area contributed by atoms with Crippen LogP contribution in [0.3, 0.4) is 0 Å². The molecule has 0 aromatic heterocycles. The van der Waals surface area contributed by atoms with Crippen LogP contribution in [0, 0.1) is 0 Å². The summed E-state index contributed by atoms with van der Waals surface area (Å²) in [5.41, 5.74) is 2.55. The highest BCUT2D eigenvalue weighted by atomic mass is 79.9. The van der Waals surface area contributed by atoms with Gasteiger partial charge in [0.2, 0.25) is 0 Å². The van der Waals surface area contributed by atoms with E-state index in [1.807, 2.05) is 24.3 Å². The number of esters is 1. The minimum absolute atomic E-state index is 0.0221. The van der Waals surface area contributed by atoms with Gasteiger partial charge >= 0.3 is 5.97 Å². The molecule has 0 aliphatic carbocycles. The van der Waals surface area contributed by atoms with Gasteiger partial charge in [-0.25, -0.2) is 13.2 Å². The second-order valence-corrected chi connectivity index (χ2v) is 11.1. The van der Waals surface area contributed by atoms with E-state index in [2.05, 4.69) is 36.7 Å². The number of benzene rings is 3. The van der Waals surface area contributed by atoms with Gasteiger partial charge in [-0.2, -0.15) is 0 Å². The minimum atomic E-state index is -3.72. The average molecular weight is 513 g/mol. The third-order valence-corrected chi connectivity index (χ3v) is 6.98. The summed E-state index contributed by atoms with van der Waals surface area (Å²) in [6, 6.07) is 22.6. The maximum absolute atomic E-state index is 12.9. The molecule has 32 heavy (non-hydrogen) atoms. The van der Waals surface area contributed by atoms with Crippen LogP contribution in [0.4, 0.5) is 0 Å². The summed E-state index contributed by atoms with van der Waals surface area (Å²) in [4.78, 5) is 12.8. The van der Waals surface area contributed by atoms with Gasteiger partial charge in [0, 0.05) is 15.5 Å². The van der Waals surface area contributed by atoms with Gasteiger partial charge < -0.3 is 4.74 Å². The van der Waals surface area contributed by atoms with E-state index in [1.165, 1.54) is 17.5 Å². The molecule has 4 nitrogen and oxygen atoms in total. The number of hydrogen-bond acceptors (Lipinski definition) is 4. The quantitative estimate of drug-likeness (QED) is 0.357. The van der Waals surface area contributed by atoms with Gasteiger partial charge in [0.25, 0.3) is 0 Å². The Bertz CT molecular complexity index is 1210. The fourth-order valence-corrected chi connectivity index (χ4v) is 4.56. The van der Waals surface area contributed by atoms with Gasteiger partial charge in [-0.3, -0.25) is 0 Å². The van der Waals surface area contributed by atoms with Crippen LogP contribution in [0.15, 0.2) is 93.6 Å². The predicted molar refractivity (Wildman–Crippen MR) is 131 cm³/mol. The van der Waals surface area contributed by atoms with E-state index in [0.717, 1.165) is 10.0 Å². The van der Waals surface area contributed by atoms with E-state index in [9.17, 15) is 13.2 Å². The lowest BCUT2D eigenvalue weighted by Crippen LogP contribution is -2.12. The number of rotatable bonds is 6. The van der Waals surface area contributed by atoms with E-state index >= 15 is 0 Å². The van der Waals surface area contributed by atoms with Crippen molar-refractivity contribution in [2.75, 3.05) is 6.61 Å². The van der Waals surface area contributed by atoms with Crippen molar-refractivity contribution in [2.45, 2.75) is 31.1 Å². The van der Waals surface area contributed by atoms with Crippen molar-refractivity contribution in [3.8, 4) is 0 Å². The van der Waals surface area contributed by atoms with E-state index in [0.29, 0.717) is 16.7 Å². The summed E-state index contributed by atoms with van der Waals surface area (Å²) in [6.07, 6.45) is 0. The van der Waals surface area contributed by atoms with Gasteiger partial charge in [-0.05, 0) is 52.9 Å². The van der Waals surface area contributed by atoms with Crippen molar-refractivity contribution in [3.05, 3.63) is 105 Å². The molecule has 0 amide bonds. The van der Waals surface area contributed by atoms with Crippen LogP contribution < -0.4 is 0 Å². The molecular weight excluding hydrogens is 488 g/mol. The topological polar surface area (TPSA) is 60.4 Å². The lowest BCUT2D eigenvalue weighted by Gasteiger charge is -2.19. The first-order chi connectivity index (χ1) is 15.1. The number of hydrogen-bond donors (Lipinski definition) is 0. The highest BCUT2D eigenvalue weighted by molar-refractivity contribution is 9.10. The molecule has 0 radical (unpaired) electrons. The summed E-state index contributed by atoms with van der Waals surface area (Å²) < 4.78 is 32.2. The summed E-state index contributed by atoms with van der Waals surface area (Å²) in [7, 11) is -3.72. The smallest absolute Gasteiger partial charge is 0.338 e. The second-order valence-electron chi connectivity index (χ2n) is 8.41. The highest BCUT2D eigenvalue weighted by Crippen LogP contribution is 2.24. The number of halogens is 1. The lowest BCUT2D eigenvalue weighted by molar-refractivity contribution is 0.0556. The molecule has 0 unspecified atom stereocenters. The normalized spacial score (nSPS) is 12.4. The summed E-state index contributed by atoms with van der Waals surface area (Å²) in [6.45, 7) is 6.13. The lowest BCUT2D eigenvalue weighted by atomic mass is 9.87. The maximum atomic E-state index is 12.9. The number of ether oxygens (including phenoxy) is 1. The van der Waals surface area contributed by atoms with Crippen LogP contribution in [0.2, 0.25) is 0 Å². The van der Waals surface area contributed by atoms with E-state index < -0.39 is 15.8 Å². The zero-order valence-corrected chi connectivity index (χ0v) is 20.6. The van der Waals surface area contributed by atoms with Gasteiger partial charge in [0.15, 0.2) is 9.84 Å². The SMILES string of the molecule is CC(C)(C)c1ccc(C(=O)OC/C(=C\S(=O)(=O)c2ccccc2)c2ccc(Br)cc2)cc1. The van der Waals surface area contributed by atoms with Crippen molar-refractivity contribution >= 4 is 37.3 Å². The first-order valence-electron chi connectivity index (χ1n) is 10.1. The Hall–Kier alpha value is -2.70. The molecule has 0 saturated carbocycles. The van der Waals surface area contributed by atoms with Crippen molar-refractivity contribution in [3.63, 3.8) is 0 Å². The third-order valence-electron chi connectivity index (χ3n) is 4.93. The minimum Gasteiger partial charge on any atom is -0.457 e. The van der Waals surface area contributed by atoms with Crippen LogP contribution in [0.1, 0.15) is 42.3 Å². The van der Waals surface area contributed by atoms with Crippen LogP contribution in [-0.2, 0) is 20.0 Å². The molecule has 0 aliphatic heterocycles. The Morgan fingerprint density at radius 3 is 2.00 bits per heavy atom. The van der Waals surface area contributed by atoms with Crippen molar-refractivity contribution < 1.29 is 17.9 Å². The molecule has 0 N–H and O–H groups in total. The first-order valence-corrected chi connectivity index (χ1v) is 12.4. The molecule has 3 rings (SSSR count). The van der Waals surface area contributed by atoms with Crippen molar-refractivity contribution in [1.82, 2.24) is 0 Å². The fraction of sp³-hybridized carbons (Fsp3) is 0.192. The Morgan fingerprint density at radius 1 is 0.875 bits per heavy atom. The Labute approximate surface area is 198 Å². The summed E-state index contributed by atoms with van der Waals surface area (Å²) in [5, 5.41) is 1.17. The maximum Gasteiger partial charge on any atom is 0.338 e. The van der Waals surface area contributed by atoms with E-state index in [1.54, 1.807) is 42.5 Å². The molecule has 0 saturated heterocycles. The fourth-order valence-electron chi connectivity index (χ4n) is 3.05. The summed E-state index contributed by atoms with van der Waals surface area (Å²) >= 11 is 3.38. The largest absolute Gasteiger partial charge is 0.457 e. The zero-order valence-electron chi connectivity index (χ0n) is 18.2. The number of carbonyl (C=O) groups is 1. The van der Waals surface area contributed by atoms with Crippen LogP contribution in [0.5, 0.6) is 0 Å². The first kappa shape index (κ1) is 24.0. The number of sulfone groups is 1. The van der Waals surface area contributed by atoms with Gasteiger partial charge in [-0.15, -0.1) is 0 Å². The van der Waals surface area contributed by atoms with Crippen LogP contribution in [0.25, 0.3) is 5.57 Å². The molecular formula is C26H25BrO4S. The monoisotopic (exact) mass is 512 g/mol. The molecule has 0 fully saturated rings. The molecule has 0 spiro atoms. The molecule has 0 bridgehead atoms. The van der Waals surface area contributed by atoms with Gasteiger partial charge in [0.05, 0.1) is 10.5 Å². The summed E-state index contributed by atoms with van der Waals surface area (Å²) in [5.74, 6) is -0.509. The highest BCUT2D eigenvalue weighted by Gasteiger charge is 2.17. The molecule has 0 heterocycles. The van der Waals surface area contributed by atoms with E-state index in [-0.39, 0.29) is 16.9 Å². The zero-order chi connectivity index (χ0) is 23.4. The van der Waals surface area contributed by atoms with Crippen molar-refractivity contribution in [1.29, 1.82) is 0 Å². The molecule has 3 aromatic rings. The Kier molecular flexibility index (Phi) is 7.36. The molecule has 6 heteroatoms. The van der Waals surface area contributed by atoms with Crippen LogP contribution >= 0.6 is 15.9 Å². The van der Waals surface area contributed by atoms with Crippen molar-refractivity contribution in [2.24, 2.45) is 0 Å². The van der Waals surface area contributed by atoms with Gasteiger partial charge in [-0.1, -0.05) is 79.2 Å². The molecule has 166 valence electrons. The molecule has 0 aliphatic rings. The second kappa shape index (κ2) is 9.84. The standard InChI is InChI=1S/C26H25BrO4S/c1-26(2,3)22-13-9-20(10-14-22)25(28)31-17-21(19-11-15-23(27)16-12-19)18-32(29,30)24-7-5-4-6-8-24/h4-16,18H,17H2,1-3H3/b21-18+. The molecule has 3 aromatic carbocycles. The Morgan fingerprint density at radius 2 is 1.44 bits per heavy atom. The number of carbonyl (C=O) groups excluding carboxylic acids is 1. The third kappa shape index (κ3) is 6.17. The Balaban J connectivity index is 1.86. The van der Waals surface area contributed by atoms with E-state index in [4.69, 9.17) is 4.74 Å². The molecule has 0 atom stereocenters.